The zero-order valence-corrected chi connectivity index (χ0v) is 13.8. The van der Waals surface area contributed by atoms with Crippen LogP contribution in [0.1, 0.15) is 27.0 Å². The molecule has 0 spiro atoms. The van der Waals surface area contributed by atoms with Crippen LogP contribution in [0.4, 0.5) is 0 Å². The molecular weight excluding hydrogens is 316 g/mol. The molecule has 0 amide bonds. The highest BCUT2D eigenvalue weighted by molar-refractivity contribution is 6.07. The normalized spacial score (nSPS) is 10.7. The minimum absolute atomic E-state index is 0.162. The van der Waals surface area contributed by atoms with E-state index >= 15 is 0 Å². The molecule has 4 nitrogen and oxygen atoms in total. The Morgan fingerprint density at radius 1 is 1.00 bits per heavy atom. The summed E-state index contributed by atoms with van der Waals surface area (Å²) in [6, 6.07) is 8.40. The van der Waals surface area contributed by atoms with Crippen LogP contribution in [-0.4, -0.2) is 21.1 Å². The summed E-state index contributed by atoms with van der Waals surface area (Å²) in [7, 11) is 0. The summed E-state index contributed by atoms with van der Waals surface area (Å²) in [6.07, 6.45) is 6.84. The number of rotatable bonds is 7. The van der Waals surface area contributed by atoms with Crippen LogP contribution in [0.2, 0.25) is 0 Å². The standard InChI is InChI=1S/C21H20O4/c1-3-6-14-8-5-9-15(12-14)18(22)11-10-16-13-19(23)21(25)17(7-4-2)20(16)24/h3-5,8-13,23-25H,1-2,6-7H2. The summed E-state index contributed by atoms with van der Waals surface area (Å²) in [4.78, 5) is 12.3. The third-order valence-electron chi connectivity index (χ3n) is 3.73. The summed E-state index contributed by atoms with van der Waals surface area (Å²) in [5.41, 5.74) is 1.90. The number of phenolic OH excluding ortho intramolecular Hbond substituents is 3. The molecule has 0 saturated heterocycles. The molecule has 0 aromatic heterocycles. The molecule has 0 radical (unpaired) electrons. The Bertz CT molecular complexity index is 847. The van der Waals surface area contributed by atoms with Crippen molar-refractivity contribution < 1.29 is 20.1 Å². The molecule has 4 heteroatoms. The van der Waals surface area contributed by atoms with Gasteiger partial charge in [-0.15, -0.1) is 13.2 Å². The highest BCUT2D eigenvalue weighted by Gasteiger charge is 2.15. The van der Waals surface area contributed by atoms with Crippen LogP contribution in [0.15, 0.2) is 61.7 Å². The summed E-state index contributed by atoms with van der Waals surface area (Å²) < 4.78 is 0. The molecule has 0 aliphatic carbocycles. The smallest absolute Gasteiger partial charge is 0.185 e. The van der Waals surface area contributed by atoms with Gasteiger partial charge in [0.1, 0.15) is 5.75 Å². The van der Waals surface area contributed by atoms with E-state index < -0.39 is 5.75 Å². The molecule has 0 atom stereocenters. The van der Waals surface area contributed by atoms with Crippen molar-refractivity contribution in [3.05, 3.63) is 84.0 Å². The third-order valence-corrected chi connectivity index (χ3v) is 3.73. The third kappa shape index (κ3) is 4.18. The Hall–Kier alpha value is -3.27. The van der Waals surface area contributed by atoms with Crippen LogP contribution in [0, 0.1) is 0 Å². The zero-order valence-electron chi connectivity index (χ0n) is 13.8. The van der Waals surface area contributed by atoms with Gasteiger partial charge in [-0.05, 0) is 42.7 Å². The predicted octanol–water partition coefficient (Wildman–Crippen LogP) is 4.16. The van der Waals surface area contributed by atoms with Crippen molar-refractivity contribution in [3.8, 4) is 17.2 Å². The van der Waals surface area contributed by atoms with Gasteiger partial charge in [0.05, 0.1) is 0 Å². The van der Waals surface area contributed by atoms with Gasteiger partial charge >= 0.3 is 0 Å². The topological polar surface area (TPSA) is 77.8 Å². The predicted molar refractivity (Wildman–Crippen MR) is 99.0 cm³/mol. The lowest BCUT2D eigenvalue weighted by Crippen LogP contribution is -1.96. The number of allylic oxidation sites excluding steroid dienone is 3. The van der Waals surface area contributed by atoms with Gasteiger partial charge in [-0.25, -0.2) is 0 Å². The maximum absolute atomic E-state index is 12.3. The average molecular weight is 336 g/mol. The summed E-state index contributed by atoms with van der Waals surface area (Å²) >= 11 is 0. The summed E-state index contributed by atoms with van der Waals surface area (Å²) in [5.74, 6) is -1.18. The van der Waals surface area contributed by atoms with Crippen LogP contribution in [0.5, 0.6) is 17.2 Å². The van der Waals surface area contributed by atoms with E-state index in [0.29, 0.717) is 12.0 Å². The maximum atomic E-state index is 12.3. The molecule has 2 aromatic carbocycles. The van der Waals surface area contributed by atoms with Gasteiger partial charge < -0.3 is 15.3 Å². The molecule has 0 unspecified atom stereocenters. The number of hydrogen-bond donors (Lipinski definition) is 3. The van der Waals surface area contributed by atoms with Crippen LogP contribution < -0.4 is 0 Å². The number of hydrogen-bond acceptors (Lipinski definition) is 4. The lowest BCUT2D eigenvalue weighted by Gasteiger charge is -2.10. The number of carbonyl (C=O) groups is 1. The molecule has 0 aliphatic heterocycles. The van der Waals surface area contributed by atoms with Gasteiger partial charge in [-0.1, -0.05) is 30.4 Å². The van der Waals surface area contributed by atoms with Crippen molar-refractivity contribution in [2.24, 2.45) is 0 Å². The monoisotopic (exact) mass is 336 g/mol. The fraction of sp³-hybridized carbons (Fsp3) is 0.0952. The van der Waals surface area contributed by atoms with E-state index in [1.165, 1.54) is 24.3 Å². The van der Waals surface area contributed by atoms with Crippen molar-refractivity contribution in [2.75, 3.05) is 0 Å². The Balaban J connectivity index is 2.32. The van der Waals surface area contributed by atoms with Crippen LogP contribution >= 0.6 is 0 Å². The Labute approximate surface area is 146 Å². The van der Waals surface area contributed by atoms with E-state index in [0.717, 1.165) is 5.56 Å². The minimum Gasteiger partial charge on any atom is -0.507 e. The number of aromatic hydroxyl groups is 3. The first kappa shape index (κ1) is 18.1. The molecule has 2 aromatic rings. The van der Waals surface area contributed by atoms with Gasteiger partial charge in [0.25, 0.3) is 0 Å². The molecule has 0 fully saturated rings. The fourth-order valence-corrected chi connectivity index (χ4v) is 2.47. The molecule has 0 aliphatic rings. The molecule has 2 rings (SSSR count). The second-order valence-corrected chi connectivity index (χ2v) is 5.54. The van der Waals surface area contributed by atoms with Gasteiger partial charge in [-0.2, -0.15) is 0 Å². The van der Waals surface area contributed by atoms with Gasteiger partial charge in [0.15, 0.2) is 17.3 Å². The maximum Gasteiger partial charge on any atom is 0.185 e. The molecule has 128 valence electrons. The lowest BCUT2D eigenvalue weighted by molar-refractivity contribution is 0.104. The Morgan fingerprint density at radius 3 is 2.40 bits per heavy atom. The lowest BCUT2D eigenvalue weighted by atomic mass is 10.0. The van der Waals surface area contributed by atoms with Crippen molar-refractivity contribution in [2.45, 2.75) is 12.8 Å². The second-order valence-electron chi connectivity index (χ2n) is 5.54. The minimum atomic E-state index is -0.391. The van der Waals surface area contributed by atoms with E-state index in [9.17, 15) is 20.1 Å². The van der Waals surface area contributed by atoms with E-state index in [4.69, 9.17) is 0 Å². The van der Waals surface area contributed by atoms with E-state index in [1.54, 1.807) is 24.3 Å². The van der Waals surface area contributed by atoms with Crippen molar-refractivity contribution in [1.82, 2.24) is 0 Å². The summed E-state index contributed by atoms with van der Waals surface area (Å²) in [5, 5.41) is 29.8. The number of ketones is 1. The highest BCUT2D eigenvalue weighted by atomic mass is 16.3. The number of carbonyl (C=O) groups excluding carboxylic acids is 1. The molecule has 0 heterocycles. The highest BCUT2D eigenvalue weighted by Crippen LogP contribution is 2.39. The summed E-state index contributed by atoms with van der Waals surface area (Å²) in [6.45, 7) is 7.23. The van der Waals surface area contributed by atoms with E-state index in [-0.39, 0.29) is 34.8 Å². The quantitative estimate of drug-likeness (QED) is 0.233. The van der Waals surface area contributed by atoms with Gasteiger partial charge in [-0.3, -0.25) is 4.79 Å². The van der Waals surface area contributed by atoms with Crippen LogP contribution in [0.3, 0.4) is 0 Å². The molecule has 3 N–H and O–H groups in total. The number of phenols is 3. The van der Waals surface area contributed by atoms with E-state index in [2.05, 4.69) is 13.2 Å². The van der Waals surface area contributed by atoms with Crippen LogP contribution in [-0.2, 0) is 12.8 Å². The molecule has 0 saturated carbocycles. The van der Waals surface area contributed by atoms with Crippen LogP contribution in [0.25, 0.3) is 6.08 Å². The van der Waals surface area contributed by atoms with Gasteiger partial charge in [0, 0.05) is 16.7 Å². The first-order valence-electron chi connectivity index (χ1n) is 7.77. The van der Waals surface area contributed by atoms with Gasteiger partial charge in [0.2, 0.25) is 0 Å². The van der Waals surface area contributed by atoms with E-state index in [1.807, 2.05) is 6.07 Å². The number of benzene rings is 2. The Morgan fingerprint density at radius 2 is 1.72 bits per heavy atom. The molecular formula is C21H20O4. The fourth-order valence-electron chi connectivity index (χ4n) is 2.47. The SMILES string of the molecule is C=CCc1cccc(C(=O)C=Cc2cc(O)c(O)c(CC=C)c2O)c1. The Kier molecular flexibility index (Phi) is 5.79. The second kappa shape index (κ2) is 8.02. The first-order valence-corrected chi connectivity index (χ1v) is 7.77. The van der Waals surface area contributed by atoms with Crippen molar-refractivity contribution in [1.29, 1.82) is 0 Å². The molecule has 25 heavy (non-hydrogen) atoms. The first-order chi connectivity index (χ1) is 12.0. The van der Waals surface area contributed by atoms with Crippen molar-refractivity contribution >= 4 is 11.9 Å². The van der Waals surface area contributed by atoms with Crippen molar-refractivity contribution in [3.63, 3.8) is 0 Å². The molecule has 0 bridgehead atoms. The average Bonchev–Trinajstić information content (AvgIpc) is 2.61. The zero-order chi connectivity index (χ0) is 18.4. The largest absolute Gasteiger partial charge is 0.507 e.